The summed E-state index contributed by atoms with van der Waals surface area (Å²) in [7, 11) is 0. The minimum Gasteiger partial charge on any atom is -0.252 e. The summed E-state index contributed by atoms with van der Waals surface area (Å²) in [5.74, 6) is -0.292. The topological polar surface area (TPSA) is 12.9 Å². The Morgan fingerprint density at radius 1 is 1.17 bits per heavy atom. The molecule has 0 amide bonds. The Balaban J connectivity index is 2.31. The van der Waals surface area contributed by atoms with Crippen LogP contribution in [0, 0.1) is 5.82 Å². The highest BCUT2D eigenvalue weighted by Gasteiger charge is 2.17. The molecule has 1 aromatic carbocycles. The fraction of sp³-hybridized carbons (Fsp3) is 0.357. The van der Waals surface area contributed by atoms with Gasteiger partial charge in [0.05, 0.1) is 15.0 Å². The van der Waals surface area contributed by atoms with Crippen LogP contribution in [0.15, 0.2) is 16.6 Å². The maximum Gasteiger partial charge on any atom is 0.139 e. The van der Waals surface area contributed by atoms with Crippen LogP contribution >= 0.6 is 27.5 Å². The third kappa shape index (κ3) is 2.04. The lowest BCUT2D eigenvalue weighted by Gasteiger charge is -2.11. The molecule has 4 heteroatoms. The fourth-order valence-electron chi connectivity index (χ4n) is 2.54. The Morgan fingerprint density at radius 2 is 1.94 bits per heavy atom. The zero-order chi connectivity index (χ0) is 12.7. The Morgan fingerprint density at radius 3 is 2.78 bits per heavy atom. The third-order valence-electron chi connectivity index (χ3n) is 3.48. The van der Waals surface area contributed by atoms with Gasteiger partial charge in [-0.2, -0.15) is 0 Å². The zero-order valence-electron chi connectivity index (χ0n) is 9.77. The molecule has 1 aromatic heterocycles. The van der Waals surface area contributed by atoms with Crippen LogP contribution in [0.3, 0.4) is 0 Å². The summed E-state index contributed by atoms with van der Waals surface area (Å²) in [6, 6.07) is 3.18. The molecule has 0 unspecified atom stereocenters. The van der Waals surface area contributed by atoms with Crippen LogP contribution in [0.1, 0.15) is 30.5 Å². The molecule has 2 aromatic rings. The zero-order valence-corrected chi connectivity index (χ0v) is 12.1. The predicted molar refractivity (Wildman–Crippen MR) is 75.7 cm³/mol. The highest BCUT2D eigenvalue weighted by Crippen LogP contribution is 2.34. The standard InChI is InChI=1S/C14H12BrClFN/c15-10-6-9-13(7-11(10)17)18-12-5-3-1-2-4-8(12)14(9)16/h6-7H,1-5H2. The Labute approximate surface area is 118 Å². The number of nitrogens with zero attached hydrogens (tertiary/aromatic N) is 1. The number of pyridine rings is 1. The van der Waals surface area contributed by atoms with Gasteiger partial charge in [0.25, 0.3) is 0 Å². The molecule has 0 radical (unpaired) electrons. The first kappa shape index (κ1) is 12.4. The molecule has 0 saturated heterocycles. The van der Waals surface area contributed by atoms with Gasteiger partial charge in [0.1, 0.15) is 5.82 Å². The Bertz CT molecular complexity index is 627. The van der Waals surface area contributed by atoms with Crippen molar-refractivity contribution >= 4 is 38.4 Å². The molecule has 0 spiro atoms. The summed E-state index contributed by atoms with van der Waals surface area (Å²) in [6.07, 6.45) is 5.43. The van der Waals surface area contributed by atoms with Gasteiger partial charge in [-0.3, -0.25) is 4.98 Å². The van der Waals surface area contributed by atoms with Crippen LogP contribution in [0.2, 0.25) is 5.02 Å². The van der Waals surface area contributed by atoms with Crippen molar-refractivity contribution in [3.8, 4) is 0 Å². The Hall–Kier alpha value is -0.670. The summed E-state index contributed by atoms with van der Waals surface area (Å²) in [5, 5.41) is 1.59. The van der Waals surface area contributed by atoms with Gasteiger partial charge in [0.15, 0.2) is 0 Å². The quantitative estimate of drug-likeness (QED) is 0.616. The van der Waals surface area contributed by atoms with Gasteiger partial charge in [-0.1, -0.05) is 18.0 Å². The minimum absolute atomic E-state index is 0.292. The number of hydrogen-bond acceptors (Lipinski definition) is 1. The molecule has 0 N–H and O–H groups in total. The normalized spacial score (nSPS) is 15.5. The van der Waals surface area contributed by atoms with E-state index in [0.717, 1.165) is 47.3 Å². The molecule has 1 heterocycles. The molecular weight excluding hydrogens is 317 g/mol. The molecule has 1 aliphatic rings. The van der Waals surface area contributed by atoms with Crippen molar-refractivity contribution in [2.24, 2.45) is 0 Å². The monoisotopic (exact) mass is 327 g/mol. The van der Waals surface area contributed by atoms with Gasteiger partial charge in [0, 0.05) is 17.1 Å². The van der Waals surface area contributed by atoms with Crippen molar-refractivity contribution in [3.05, 3.63) is 38.7 Å². The van der Waals surface area contributed by atoms with Crippen LogP contribution in [0.5, 0.6) is 0 Å². The molecular formula is C14H12BrClFN. The molecule has 94 valence electrons. The van der Waals surface area contributed by atoms with Crippen molar-refractivity contribution in [3.63, 3.8) is 0 Å². The molecule has 18 heavy (non-hydrogen) atoms. The predicted octanol–water partition coefficient (Wildman–Crippen LogP) is 5.06. The first-order chi connectivity index (χ1) is 8.66. The summed E-state index contributed by atoms with van der Waals surface area (Å²) in [4.78, 5) is 4.59. The molecule has 1 aliphatic carbocycles. The van der Waals surface area contributed by atoms with Gasteiger partial charge in [-0.15, -0.1) is 0 Å². The van der Waals surface area contributed by atoms with Gasteiger partial charge in [-0.25, -0.2) is 4.39 Å². The number of hydrogen-bond donors (Lipinski definition) is 0. The highest BCUT2D eigenvalue weighted by atomic mass is 79.9. The number of fused-ring (bicyclic) bond motifs is 2. The van der Waals surface area contributed by atoms with E-state index < -0.39 is 0 Å². The van der Waals surface area contributed by atoms with Crippen molar-refractivity contribution < 1.29 is 4.39 Å². The summed E-state index contributed by atoms with van der Waals surface area (Å²) < 4.78 is 14.0. The summed E-state index contributed by atoms with van der Waals surface area (Å²) in [5.41, 5.74) is 2.85. The smallest absolute Gasteiger partial charge is 0.139 e. The second kappa shape index (κ2) is 4.78. The molecule has 0 atom stereocenters. The number of rotatable bonds is 0. The summed E-state index contributed by atoms with van der Waals surface area (Å²) >= 11 is 9.67. The Kier molecular flexibility index (Phi) is 3.29. The first-order valence-corrected chi connectivity index (χ1v) is 7.30. The molecule has 3 rings (SSSR count). The SMILES string of the molecule is Fc1cc2nc3c(c(Cl)c2cc1Br)CCCCC3. The van der Waals surface area contributed by atoms with E-state index >= 15 is 0 Å². The molecule has 0 saturated carbocycles. The van der Waals surface area contributed by atoms with Crippen LogP contribution in [0.25, 0.3) is 10.9 Å². The maximum absolute atomic E-state index is 13.6. The lowest BCUT2D eigenvalue weighted by atomic mass is 10.1. The lowest BCUT2D eigenvalue weighted by molar-refractivity contribution is 0.622. The molecule has 0 fully saturated rings. The van der Waals surface area contributed by atoms with E-state index in [0.29, 0.717) is 9.99 Å². The number of halogens is 3. The van der Waals surface area contributed by atoms with E-state index in [1.807, 2.05) is 0 Å². The molecule has 0 aliphatic heterocycles. The van der Waals surface area contributed by atoms with Crippen LogP contribution in [0.4, 0.5) is 4.39 Å². The minimum atomic E-state index is -0.292. The van der Waals surface area contributed by atoms with Crippen LogP contribution < -0.4 is 0 Å². The van der Waals surface area contributed by atoms with E-state index in [4.69, 9.17) is 11.6 Å². The second-order valence-corrected chi connectivity index (χ2v) is 5.93. The number of benzene rings is 1. The van der Waals surface area contributed by atoms with Crippen molar-refractivity contribution in [2.75, 3.05) is 0 Å². The second-order valence-electron chi connectivity index (χ2n) is 4.70. The van der Waals surface area contributed by atoms with Gasteiger partial charge in [-0.05, 0) is 53.2 Å². The van der Waals surface area contributed by atoms with Crippen LogP contribution in [-0.4, -0.2) is 4.98 Å². The van der Waals surface area contributed by atoms with Crippen molar-refractivity contribution in [1.82, 2.24) is 4.98 Å². The van der Waals surface area contributed by atoms with Crippen molar-refractivity contribution in [1.29, 1.82) is 0 Å². The average Bonchev–Trinajstić information content (AvgIpc) is 2.58. The number of aryl methyl sites for hydroxylation is 1. The number of aromatic nitrogens is 1. The fourth-order valence-corrected chi connectivity index (χ4v) is 3.24. The van der Waals surface area contributed by atoms with E-state index in [9.17, 15) is 4.39 Å². The maximum atomic E-state index is 13.6. The van der Waals surface area contributed by atoms with Gasteiger partial charge in [0.2, 0.25) is 0 Å². The summed E-state index contributed by atoms with van der Waals surface area (Å²) in [6.45, 7) is 0. The van der Waals surface area contributed by atoms with Gasteiger partial charge >= 0.3 is 0 Å². The van der Waals surface area contributed by atoms with E-state index in [1.54, 1.807) is 6.07 Å². The lowest BCUT2D eigenvalue weighted by Crippen LogP contribution is -1.98. The van der Waals surface area contributed by atoms with E-state index in [2.05, 4.69) is 20.9 Å². The van der Waals surface area contributed by atoms with Crippen LogP contribution in [-0.2, 0) is 12.8 Å². The van der Waals surface area contributed by atoms with E-state index in [-0.39, 0.29) is 5.82 Å². The largest absolute Gasteiger partial charge is 0.252 e. The highest BCUT2D eigenvalue weighted by molar-refractivity contribution is 9.10. The third-order valence-corrected chi connectivity index (χ3v) is 4.52. The first-order valence-electron chi connectivity index (χ1n) is 6.13. The molecule has 1 nitrogen and oxygen atoms in total. The average molecular weight is 329 g/mol. The van der Waals surface area contributed by atoms with Gasteiger partial charge < -0.3 is 0 Å². The van der Waals surface area contributed by atoms with Crippen molar-refractivity contribution in [2.45, 2.75) is 32.1 Å². The molecule has 0 bridgehead atoms. The van der Waals surface area contributed by atoms with E-state index in [1.165, 1.54) is 12.5 Å².